The van der Waals surface area contributed by atoms with Crippen LogP contribution in [0.3, 0.4) is 0 Å². The molecule has 1 heterocycles. The standard InChI is InChI=1S/C19H22N2O3S2/c1-3-4-5-6-13-7-9-14(10-8-13)17(22)21-19(25)20-15-11-12-26-16(15)18(23)24-2/h7-12H,3-6H2,1-2H3,(H2,20,21,22,25). The fraction of sp³-hybridized carbons (Fsp3) is 0.316. The van der Waals surface area contributed by atoms with Crippen LogP contribution in [0, 0.1) is 0 Å². The van der Waals surface area contributed by atoms with Crippen molar-refractivity contribution in [2.75, 3.05) is 12.4 Å². The van der Waals surface area contributed by atoms with Gasteiger partial charge in [0.25, 0.3) is 5.91 Å². The quantitative estimate of drug-likeness (QED) is 0.417. The highest BCUT2D eigenvalue weighted by atomic mass is 32.1. The summed E-state index contributed by atoms with van der Waals surface area (Å²) in [7, 11) is 1.32. The second-order valence-corrected chi connectivity index (χ2v) is 7.04. The lowest BCUT2D eigenvalue weighted by Crippen LogP contribution is -2.34. The first kappa shape index (κ1) is 20.1. The molecule has 1 aromatic carbocycles. The SMILES string of the molecule is CCCCCc1ccc(C(=O)NC(=S)Nc2ccsc2C(=O)OC)cc1. The van der Waals surface area contributed by atoms with Crippen LogP contribution in [0.5, 0.6) is 0 Å². The highest BCUT2D eigenvalue weighted by Gasteiger charge is 2.15. The number of carbonyl (C=O) groups is 2. The summed E-state index contributed by atoms with van der Waals surface area (Å²) >= 11 is 6.41. The molecule has 0 radical (unpaired) electrons. The van der Waals surface area contributed by atoms with Gasteiger partial charge in [-0.05, 0) is 54.2 Å². The van der Waals surface area contributed by atoms with E-state index in [1.807, 2.05) is 12.1 Å². The molecule has 5 nitrogen and oxygen atoms in total. The number of methoxy groups -OCH3 is 1. The van der Waals surface area contributed by atoms with E-state index in [0.29, 0.717) is 16.1 Å². The first-order valence-electron chi connectivity index (χ1n) is 8.42. The topological polar surface area (TPSA) is 67.4 Å². The lowest BCUT2D eigenvalue weighted by Gasteiger charge is -2.10. The normalized spacial score (nSPS) is 10.2. The van der Waals surface area contributed by atoms with E-state index >= 15 is 0 Å². The van der Waals surface area contributed by atoms with Crippen molar-refractivity contribution in [3.05, 3.63) is 51.7 Å². The van der Waals surface area contributed by atoms with Gasteiger partial charge in [0, 0.05) is 5.56 Å². The van der Waals surface area contributed by atoms with Crippen molar-refractivity contribution in [2.45, 2.75) is 32.6 Å². The number of carbonyl (C=O) groups excluding carboxylic acids is 2. The van der Waals surface area contributed by atoms with Crippen molar-refractivity contribution in [1.29, 1.82) is 0 Å². The summed E-state index contributed by atoms with van der Waals surface area (Å²) in [6.07, 6.45) is 4.56. The molecule has 0 aliphatic heterocycles. The highest BCUT2D eigenvalue weighted by Crippen LogP contribution is 2.23. The van der Waals surface area contributed by atoms with Crippen LogP contribution in [0.1, 0.15) is 51.8 Å². The molecule has 0 saturated heterocycles. The second kappa shape index (κ2) is 10.0. The average Bonchev–Trinajstić information content (AvgIpc) is 3.09. The summed E-state index contributed by atoms with van der Waals surface area (Å²) < 4.78 is 4.71. The maximum absolute atomic E-state index is 12.3. The molecule has 1 aromatic heterocycles. The van der Waals surface area contributed by atoms with Crippen molar-refractivity contribution >= 4 is 46.2 Å². The Kier molecular flexibility index (Phi) is 7.74. The van der Waals surface area contributed by atoms with E-state index in [9.17, 15) is 9.59 Å². The number of anilines is 1. The maximum Gasteiger partial charge on any atom is 0.350 e. The highest BCUT2D eigenvalue weighted by molar-refractivity contribution is 7.80. The first-order chi connectivity index (χ1) is 12.5. The third-order valence-electron chi connectivity index (χ3n) is 3.80. The number of hydrogen-bond donors (Lipinski definition) is 2. The van der Waals surface area contributed by atoms with Gasteiger partial charge < -0.3 is 10.1 Å². The van der Waals surface area contributed by atoms with Crippen molar-refractivity contribution in [2.24, 2.45) is 0 Å². The first-order valence-corrected chi connectivity index (χ1v) is 9.71. The van der Waals surface area contributed by atoms with Gasteiger partial charge in [-0.1, -0.05) is 31.9 Å². The van der Waals surface area contributed by atoms with Gasteiger partial charge in [-0.3, -0.25) is 10.1 Å². The summed E-state index contributed by atoms with van der Waals surface area (Å²) in [6.45, 7) is 2.18. The lowest BCUT2D eigenvalue weighted by molar-refractivity contribution is 0.0607. The molecule has 2 rings (SSSR count). The number of thiocarbonyl (C=S) groups is 1. The summed E-state index contributed by atoms with van der Waals surface area (Å²) in [5.74, 6) is -0.743. The van der Waals surface area contributed by atoms with Crippen LogP contribution in [0.25, 0.3) is 0 Å². The predicted molar refractivity (Wildman–Crippen MR) is 109 cm³/mol. The monoisotopic (exact) mass is 390 g/mol. The minimum atomic E-state index is -0.449. The summed E-state index contributed by atoms with van der Waals surface area (Å²) in [6, 6.07) is 9.23. The molecule has 1 amide bonds. The number of ether oxygens (including phenoxy) is 1. The largest absolute Gasteiger partial charge is 0.465 e. The van der Waals surface area contributed by atoms with E-state index in [1.165, 1.54) is 36.9 Å². The molecule has 26 heavy (non-hydrogen) atoms. The van der Waals surface area contributed by atoms with Crippen molar-refractivity contribution in [3.8, 4) is 0 Å². The molecular formula is C19H22N2O3S2. The zero-order valence-electron chi connectivity index (χ0n) is 14.8. The van der Waals surface area contributed by atoms with E-state index in [4.69, 9.17) is 17.0 Å². The molecule has 0 bridgehead atoms. The smallest absolute Gasteiger partial charge is 0.350 e. The van der Waals surface area contributed by atoms with Gasteiger partial charge in [0.1, 0.15) is 4.88 Å². The number of rotatable bonds is 7. The van der Waals surface area contributed by atoms with Crippen molar-refractivity contribution in [1.82, 2.24) is 5.32 Å². The van der Waals surface area contributed by atoms with E-state index in [-0.39, 0.29) is 11.0 Å². The molecule has 138 valence electrons. The van der Waals surface area contributed by atoms with Gasteiger partial charge >= 0.3 is 5.97 Å². The van der Waals surface area contributed by atoms with Gasteiger partial charge in [-0.2, -0.15) is 0 Å². The summed E-state index contributed by atoms with van der Waals surface area (Å²) in [5.41, 5.74) is 2.27. The van der Waals surface area contributed by atoms with Crippen LogP contribution in [-0.2, 0) is 11.2 Å². The van der Waals surface area contributed by atoms with Crippen LogP contribution in [0.4, 0.5) is 5.69 Å². The van der Waals surface area contributed by atoms with Crippen molar-refractivity contribution < 1.29 is 14.3 Å². The Hall–Kier alpha value is -2.25. The zero-order valence-corrected chi connectivity index (χ0v) is 16.5. The molecule has 0 aliphatic rings. The average molecular weight is 391 g/mol. The Morgan fingerprint density at radius 3 is 2.54 bits per heavy atom. The number of benzene rings is 1. The third-order valence-corrected chi connectivity index (χ3v) is 4.89. The van der Waals surface area contributed by atoms with Crippen LogP contribution in [0.2, 0.25) is 0 Å². The molecule has 0 atom stereocenters. The minimum Gasteiger partial charge on any atom is -0.465 e. The molecule has 0 spiro atoms. The molecule has 0 saturated carbocycles. The number of hydrogen-bond acceptors (Lipinski definition) is 5. The number of nitrogens with one attached hydrogen (secondary N) is 2. The number of unbranched alkanes of at least 4 members (excludes halogenated alkanes) is 2. The molecule has 7 heteroatoms. The predicted octanol–water partition coefficient (Wildman–Crippen LogP) is 4.39. The third kappa shape index (κ3) is 5.64. The fourth-order valence-corrected chi connectivity index (χ4v) is 3.36. The van der Waals surface area contributed by atoms with Gasteiger partial charge in [0.15, 0.2) is 5.11 Å². The number of esters is 1. The van der Waals surface area contributed by atoms with Crippen LogP contribution < -0.4 is 10.6 Å². The Balaban J connectivity index is 1.92. The molecule has 0 aliphatic carbocycles. The van der Waals surface area contributed by atoms with Crippen LogP contribution in [0.15, 0.2) is 35.7 Å². The minimum absolute atomic E-state index is 0.130. The summed E-state index contributed by atoms with van der Waals surface area (Å²) in [4.78, 5) is 24.4. The van der Waals surface area contributed by atoms with Gasteiger partial charge in [0.05, 0.1) is 12.8 Å². The van der Waals surface area contributed by atoms with Crippen LogP contribution >= 0.6 is 23.6 Å². The van der Waals surface area contributed by atoms with E-state index < -0.39 is 5.97 Å². The Labute approximate surface area is 162 Å². The van der Waals surface area contributed by atoms with Crippen molar-refractivity contribution in [3.63, 3.8) is 0 Å². The zero-order chi connectivity index (χ0) is 18.9. The van der Waals surface area contributed by atoms with E-state index in [0.717, 1.165) is 12.8 Å². The van der Waals surface area contributed by atoms with Gasteiger partial charge in [-0.25, -0.2) is 4.79 Å². The van der Waals surface area contributed by atoms with E-state index in [1.54, 1.807) is 23.6 Å². The van der Waals surface area contributed by atoms with E-state index in [2.05, 4.69) is 17.6 Å². The lowest BCUT2D eigenvalue weighted by atomic mass is 10.1. The van der Waals surface area contributed by atoms with Gasteiger partial charge in [0.2, 0.25) is 0 Å². The van der Waals surface area contributed by atoms with Crippen LogP contribution in [-0.4, -0.2) is 24.1 Å². The molecule has 2 aromatic rings. The molecule has 0 unspecified atom stereocenters. The molecule has 0 fully saturated rings. The molecular weight excluding hydrogens is 368 g/mol. The Morgan fingerprint density at radius 2 is 1.88 bits per heavy atom. The fourth-order valence-electron chi connectivity index (χ4n) is 2.39. The summed E-state index contributed by atoms with van der Waals surface area (Å²) in [5, 5.41) is 7.36. The second-order valence-electron chi connectivity index (χ2n) is 5.72. The Morgan fingerprint density at radius 1 is 1.15 bits per heavy atom. The number of thiophene rings is 1. The number of amides is 1. The Bertz CT molecular complexity index is 769. The number of aryl methyl sites for hydroxylation is 1. The van der Waals surface area contributed by atoms with Gasteiger partial charge in [-0.15, -0.1) is 11.3 Å². The molecule has 2 N–H and O–H groups in total. The maximum atomic E-state index is 12.3.